The minimum Gasteiger partial charge on any atom is -0.465 e. The van der Waals surface area contributed by atoms with Crippen LogP contribution < -0.4 is 5.73 Å². The first kappa shape index (κ1) is 17.3. The van der Waals surface area contributed by atoms with E-state index in [2.05, 4.69) is 0 Å². The van der Waals surface area contributed by atoms with Crippen molar-refractivity contribution in [2.24, 2.45) is 0 Å². The zero-order chi connectivity index (χ0) is 19.2. The Morgan fingerprint density at radius 3 is 2.30 bits per heavy atom. The molecule has 2 N–H and O–H groups in total. The Labute approximate surface area is 157 Å². The number of carbonyl (C=O) groups excluding carboxylic acids is 1. The first-order chi connectivity index (χ1) is 13.0. The van der Waals surface area contributed by atoms with Crippen molar-refractivity contribution < 1.29 is 17.9 Å². The maximum absolute atomic E-state index is 13.4. The molecule has 1 aliphatic carbocycles. The van der Waals surface area contributed by atoms with Crippen LogP contribution in [0, 0.1) is 0 Å². The minimum atomic E-state index is -3.69. The number of ether oxygens (including phenoxy) is 1. The number of anilines is 1. The van der Waals surface area contributed by atoms with E-state index >= 15 is 0 Å². The van der Waals surface area contributed by atoms with Gasteiger partial charge in [0.1, 0.15) is 5.25 Å². The van der Waals surface area contributed by atoms with Gasteiger partial charge < -0.3 is 10.5 Å². The standard InChI is InChI=1S/C21H17NO4S/c1-26-21(23)17-12-11-16-18(19(17)22)14-9-5-6-10-15(14)20(16)27(24,25)13-7-3-2-4-8-13/h2-12,20H,22H2,1H3. The van der Waals surface area contributed by atoms with Crippen LogP contribution >= 0.6 is 0 Å². The monoisotopic (exact) mass is 379 g/mol. The Balaban J connectivity index is 2.01. The number of benzene rings is 3. The van der Waals surface area contributed by atoms with Crippen molar-refractivity contribution in [2.45, 2.75) is 10.1 Å². The molecule has 0 radical (unpaired) electrons. The molecule has 0 bridgehead atoms. The highest BCUT2D eigenvalue weighted by molar-refractivity contribution is 7.92. The van der Waals surface area contributed by atoms with Crippen molar-refractivity contribution in [1.82, 2.24) is 0 Å². The van der Waals surface area contributed by atoms with E-state index in [4.69, 9.17) is 10.5 Å². The average molecular weight is 379 g/mol. The number of nitrogen functional groups attached to an aromatic ring is 1. The molecule has 4 rings (SSSR count). The van der Waals surface area contributed by atoms with E-state index in [1.54, 1.807) is 48.5 Å². The van der Waals surface area contributed by atoms with Crippen LogP contribution in [0.15, 0.2) is 71.6 Å². The Morgan fingerprint density at radius 2 is 1.59 bits per heavy atom. The average Bonchev–Trinajstić information content (AvgIpc) is 3.04. The predicted octanol–water partition coefficient (Wildman–Crippen LogP) is 3.60. The number of hydrogen-bond donors (Lipinski definition) is 1. The first-order valence-corrected chi connectivity index (χ1v) is 9.90. The van der Waals surface area contributed by atoms with E-state index < -0.39 is 21.1 Å². The maximum atomic E-state index is 13.4. The largest absolute Gasteiger partial charge is 0.465 e. The molecule has 1 aliphatic rings. The van der Waals surface area contributed by atoms with Gasteiger partial charge in [-0.05, 0) is 34.9 Å². The lowest BCUT2D eigenvalue weighted by Crippen LogP contribution is -2.13. The van der Waals surface area contributed by atoms with E-state index in [1.165, 1.54) is 13.2 Å². The third kappa shape index (κ3) is 2.52. The van der Waals surface area contributed by atoms with Gasteiger partial charge in [-0.3, -0.25) is 0 Å². The number of fused-ring (bicyclic) bond motifs is 3. The third-order valence-electron chi connectivity index (χ3n) is 4.86. The summed E-state index contributed by atoms with van der Waals surface area (Å²) in [6.45, 7) is 0. The molecule has 0 fully saturated rings. The molecule has 3 aromatic rings. The fourth-order valence-electron chi connectivity index (χ4n) is 3.64. The lowest BCUT2D eigenvalue weighted by molar-refractivity contribution is 0.0602. The fraction of sp³-hybridized carbons (Fsp3) is 0.0952. The molecular weight excluding hydrogens is 362 g/mol. The van der Waals surface area contributed by atoms with Crippen LogP contribution in [0.2, 0.25) is 0 Å². The topological polar surface area (TPSA) is 86.5 Å². The van der Waals surface area contributed by atoms with Crippen LogP contribution in [-0.2, 0) is 14.6 Å². The van der Waals surface area contributed by atoms with Crippen LogP contribution in [-0.4, -0.2) is 21.5 Å². The van der Waals surface area contributed by atoms with Gasteiger partial charge in [0.2, 0.25) is 0 Å². The SMILES string of the molecule is COC(=O)c1ccc2c(c1N)-c1ccccc1C2S(=O)(=O)c1ccccc1. The molecule has 0 aliphatic heterocycles. The molecule has 0 aromatic heterocycles. The number of hydrogen-bond acceptors (Lipinski definition) is 5. The molecule has 0 saturated heterocycles. The number of rotatable bonds is 3. The van der Waals surface area contributed by atoms with Crippen molar-refractivity contribution in [3.05, 3.63) is 83.4 Å². The highest BCUT2D eigenvalue weighted by Crippen LogP contribution is 2.51. The summed E-state index contributed by atoms with van der Waals surface area (Å²) in [4.78, 5) is 12.3. The van der Waals surface area contributed by atoms with Crippen LogP contribution in [0.1, 0.15) is 26.7 Å². The number of esters is 1. The normalized spacial score (nSPS) is 15.1. The zero-order valence-electron chi connectivity index (χ0n) is 14.5. The molecule has 6 heteroatoms. The summed E-state index contributed by atoms with van der Waals surface area (Å²) >= 11 is 0. The van der Waals surface area contributed by atoms with Gasteiger partial charge in [0.25, 0.3) is 0 Å². The highest BCUT2D eigenvalue weighted by Gasteiger charge is 2.40. The molecule has 5 nitrogen and oxygen atoms in total. The van der Waals surface area contributed by atoms with E-state index in [9.17, 15) is 13.2 Å². The second kappa shape index (κ2) is 6.25. The molecule has 1 unspecified atom stereocenters. The van der Waals surface area contributed by atoms with Crippen LogP contribution in [0.4, 0.5) is 5.69 Å². The Morgan fingerprint density at radius 1 is 0.926 bits per heavy atom. The Bertz CT molecular complexity index is 1150. The fourth-order valence-corrected chi connectivity index (χ4v) is 5.52. The number of sulfone groups is 1. The van der Waals surface area contributed by atoms with E-state index in [0.29, 0.717) is 16.7 Å². The van der Waals surface area contributed by atoms with Gasteiger partial charge in [-0.15, -0.1) is 0 Å². The van der Waals surface area contributed by atoms with Gasteiger partial charge in [0.05, 0.1) is 23.3 Å². The molecule has 0 amide bonds. The van der Waals surface area contributed by atoms with Crippen molar-refractivity contribution in [3.63, 3.8) is 0 Å². The van der Waals surface area contributed by atoms with Crippen LogP contribution in [0.25, 0.3) is 11.1 Å². The van der Waals surface area contributed by atoms with Crippen LogP contribution in [0.3, 0.4) is 0 Å². The molecule has 0 spiro atoms. The summed E-state index contributed by atoms with van der Waals surface area (Å²) in [6.07, 6.45) is 0. The van der Waals surface area contributed by atoms with Crippen molar-refractivity contribution in [3.8, 4) is 11.1 Å². The molecule has 27 heavy (non-hydrogen) atoms. The summed E-state index contributed by atoms with van der Waals surface area (Å²) in [6, 6.07) is 18.8. The molecule has 1 atom stereocenters. The second-order valence-electron chi connectivity index (χ2n) is 6.31. The number of methoxy groups -OCH3 is 1. The molecular formula is C21H17NO4S. The van der Waals surface area contributed by atoms with Gasteiger partial charge in [-0.25, -0.2) is 13.2 Å². The summed E-state index contributed by atoms with van der Waals surface area (Å²) < 4.78 is 31.6. The van der Waals surface area contributed by atoms with Gasteiger partial charge in [-0.1, -0.05) is 48.5 Å². The number of carbonyl (C=O) groups is 1. The van der Waals surface area contributed by atoms with Gasteiger partial charge in [0, 0.05) is 5.56 Å². The summed E-state index contributed by atoms with van der Waals surface area (Å²) in [7, 11) is -2.41. The smallest absolute Gasteiger partial charge is 0.339 e. The molecule has 3 aromatic carbocycles. The van der Waals surface area contributed by atoms with Crippen LogP contribution in [0.5, 0.6) is 0 Å². The highest BCUT2D eigenvalue weighted by atomic mass is 32.2. The van der Waals surface area contributed by atoms with E-state index in [1.807, 2.05) is 12.1 Å². The molecule has 136 valence electrons. The van der Waals surface area contributed by atoms with Gasteiger partial charge in [-0.2, -0.15) is 0 Å². The van der Waals surface area contributed by atoms with Crippen molar-refractivity contribution in [2.75, 3.05) is 12.8 Å². The van der Waals surface area contributed by atoms with Crippen molar-refractivity contribution >= 4 is 21.5 Å². The quantitative estimate of drug-likeness (QED) is 0.555. The maximum Gasteiger partial charge on any atom is 0.339 e. The number of nitrogens with two attached hydrogens (primary N) is 1. The third-order valence-corrected chi connectivity index (χ3v) is 6.92. The summed E-state index contributed by atoms with van der Waals surface area (Å²) in [5, 5.41) is -0.875. The Kier molecular flexibility index (Phi) is 4.00. The zero-order valence-corrected chi connectivity index (χ0v) is 15.4. The minimum absolute atomic E-state index is 0.226. The van der Waals surface area contributed by atoms with Gasteiger partial charge >= 0.3 is 5.97 Å². The molecule has 0 heterocycles. The Hall–Kier alpha value is -3.12. The lowest BCUT2D eigenvalue weighted by atomic mass is 10.00. The first-order valence-electron chi connectivity index (χ1n) is 8.35. The van der Waals surface area contributed by atoms with E-state index in [0.717, 1.165) is 5.56 Å². The summed E-state index contributed by atoms with van der Waals surface area (Å²) in [5.74, 6) is -0.554. The predicted molar refractivity (Wildman–Crippen MR) is 103 cm³/mol. The summed E-state index contributed by atoms with van der Waals surface area (Å²) in [5.41, 5.74) is 9.27. The molecule has 0 saturated carbocycles. The lowest BCUT2D eigenvalue weighted by Gasteiger charge is -2.16. The van der Waals surface area contributed by atoms with E-state index in [-0.39, 0.29) is 16.1 Å². The van der Waals surface area contributed by atoms with Crippen molar-refractivity contribution in [1.29, 1.82) is 0 Å². The van der Waals surface area contributed by atoms with Gasteiger partial charge in [0.15, 0.2) is 9.84 Å². The second-order valence-corrected chi connectivity index (χ2v) is 8.34.